The molecule has 84 valence electrons. The van der Waals surface area contributed by atoms with E-state index in [0.29, 0.717) is 0 Å². The maximum absolute atomic E-state index is 10.6. The normalized spacial score (nSPS) is 13.5. The molecule has 0 aromatic heterocycles. The summed E-state index contributed by atoms with van der Waals surface area (Å²) in [6, 6.07) is 0. The fraction of sp³-hybridized carbons (Fsp3) is 0.250. The van der Waals surface area contributed by atoms with E-state index in [1.165, 1.54) is 0 Å². The van der Waals surface area contributed by atoms with Crippen LogP contribution in [-0.2, 0) is 14.3 Å². The van der Waals surface area contributed by atoms with Gasteiger partial charge in [-0.25, -0.2) is 0 Å². The van der Waals surface area contributed by atoms with Crippen LogP contribution in [0.5, 0.6) is 0 Å². The fourth-order valence-electron chi connectivity index (χ4n) is 0.551. The molecule has 2 atom stereocenters. The van der Waals surface area contributed by atoms with Gasteiger partial charge in [0.1, 0.15) is 0 Å². The SMILES string of the molecule is C=CC(=O)NC(O)OC(O)NC(=O)C=C. The third-order valence-electron chi connectivity index (χ3n) is 1.16. The van der Waals surface area contributed by atoms with Crippen LogP contribution in [0.3, 0.4) is 0 Å². The molecule has 0 fully saturated rings. The van der Waals surface area contributed by atoms with Crippen LogP contribution in [0.25, 0.3) is 0 Å². The van der Waals surface area contributed by atoms with Crippen molar-refractivity contribution in [3.05, 3.63) is 25.3 Å². The van der Waals surface area contributed by atoms with Crippen molar-refractivity contribution in [2.45, 2.75) is 12.8 Å². The van der Waals surface area contributed by atoms with E-state index in [0.717, 1.165) is 12.2 Å². The van der Waals surface area contributed by atoms with E-state index in [1.54, 1.807) is 0 Å². The predicted octanol–water partition coefficient (Wildman–Crippen LogP) is -1.84. The van der Waals surface area contributed by atoms with Crippen LogP contribution in [0.2, 0.25) is 0 Å². The molecule has 2 unspecified atom stereocenters. The van der Waals surface area contributed by atoms with E-state index in [9.17, 15) is 9.59 Å². The van der Waals surface area contributed by atoms with Gasteiger partial charge in [-0.05, 0) is 12.2 Å². The highest BCUT2D eigenvalue weighted by Gasteiger charge is 2.13. The van der Waals surface area contributed by atoms with Crippen LogP contribution in [0.1, 0.15) is 0 Å². The number of carbonyl (C=O) groups excluding carboxylic acids is 2. The van der Waals surface area contributed by atoms with Crippen LogP contribution in [0, 0.1) is 0 Å². The lowest BCUT2D eigenvalue weighted by Gasteiger charge is -2.17. The number of carbonyl (C=O) groups is 2. The molecular weight excluding hydrogens is 204 g/mol. The monoisotopic (exact) mass is 216 g/mol. The lowest BCUT2D eigenvalue weighted by molar-refractivity contribution is -0.227. The van der Waals surface area contributed by atoms with Crippen LogP contribution < -0.4 is 10.6 Å². The van der Waals surface area contributed by atoms with Crippen LogP contribution in [0.15, 0.2) is 25.3 Å². The van der Waals surface area contributed by atoms with E-state index in [4.69, 9.17) is 10.2 Å². The molecule has 0 rings (SSSR count). The second kappa shape index (κ2) is 6.71. The zero-order chi connectivity index (χ0) is 11.8. The first-order valence-corrected chi connectivity index (χ1v) is 3.87. The zero-order valence-corrected chi connectivity index (χ0v) is 7.84. The van der Waals surface area contributed by atoms with Crippen molar-refractivity contribution in [2.75, 3.05) is 0 Å². The summed E-state index contributed by atoms with van der Waals surface area (Å²) in [6.45, 7) is 6.26. The Morgan fingerprint density at radius 1 is 1.07 bits per heavy atom. The Morgan fingerprint density at radius 3 is 1.67 bits per heavy atom. The van der Waals surface area contributed by atoms with Gasteiger partial charge in [-0.15, -0.1) is 0 Å². The number of hydrogen-bond acceptors (Lipinski definition) is 5. The van der Waals surface area contributed by atoms with Gasteiger partial charge >= 0.3 is 0 Å². The van der Waals surface area contributed by atoms with Crippen LogP contribution in [0.4, 0.5) is 0 Å². The number of rotatable bonds is 6. The third-order valence-corrected chi connectivity index (χ3v) is 1.16. The van der Waals surface area contributed by atoms with Crippen molar-refractivity contribution in [1.82, 2.24) is 10.6 Å². The topological polar surface area (TPSA) is 108 Å². The summed E-state index contributed by atoms with van der Waals surface area (Å²) in [5.41, 5.74) is 0. The Kier molecular flexibility index (Phi) is 5.95. The standard InChI is InChI=1S/C8H12N2O5/c1-3-5(11)9-7(13)15-8(14)10-6(12)4-2/h3-4,7-8,13-14H,1-2H2,(H,9,11)(H,10,12). The summed E-state index contributed by atoms with van der Waals surface area (Å²) < 4.78 is 4.35. The predicted molar refractivity (Wildman–Crippen MR) is 49.8 cm³/mol. The first-order chi connectivity index (χ1) is 6.99. The van der Waals surface area contributed by atoms with Crippen LogP contribution >= 0.6 is 0 Å². The molecule has 7 heteroatoms. The molecule has 0 bridgehead atoms. The number of nitrogens with one attached hydrogen (secondary N) is 2. The fourth-order valence-corrected chi connectivity index (χ4v) is 0.551. The molecule has 4 N–H and O–H groups in total. The second-order valence-electron chi connectivity index (χ2n) is 2.27. The minimum absolute atomic E-state index is 0.690. The summed E-state index contributed by atoms with van der Waals surface area (Å²) in [6.07, 6.45) is -1.70. The quantitative estimate of drug-likeness (QED) is 0.308. The van der Waals surface area contributed by atoms with E-state index in [2.05, 4.69) is 17.9 Å². The second-order valence-corrected chi connectivity index (χ2v) is 2.27. The Labute approximate surface area is 86.0 Å². The summed E-state index contributed by atoms with van der Waals surface area (Å²) in [5.74, 6) is -1.38. The Morgan fingerprint density at radius 2 is 1.40 bits per heavy atom. The van der Waals surface area contributed by atoms with Gasteiger partial charge in [0.2, 0.25) is 24.6 Å². The van der Waals surface area contributed by atoms with Crippen LogP contribution in [-0.4, -0.2) is 34.9 Å². The van der Waals surface area contributed by atoms with Gasteiger partial charge in [-0.2, -0.15) is 0 Å². The van der Waals surface area contributed by atoms with Crippen molar-refractivity contribution in [3.63, 3.8) is 0 Å². The third kappa shape index (κ3) is 6.38. The molecule has 0 aliphatic carbocycles. The largest absolute Gasteiger partial charge is 0.351 e. The maximum atomic E-state index is 10.6. The van der Waals surface area contributed by atoms with E-state index in [-0.39, 0.29) is 0 Å². The highest BCUT2D eigenvalue weighted by Crippen LogP contribution is 1.87. The molecule has 0 aliphatic rings. The smallest absolute Gasteiger partial charge is 0.247 e. The van der Waals surface area contributed by atoms with Crippen molar-refractivity contribution in [1.29, 1.82) is 0 Å². The van der Waals surface area contributed by atoms with Gasteiger partial charge in [0, 0.05) is 0 Å². The van der Waals surface area contributed by atoms with E-state index in [1.807, 2.05) is 10.6 Å². The molecule has 15 heavy (non-hydrogen) atoms. The molecular formula is C8H12N2O5. The highest BCUT2D eigenvalue weighted by atomic mass is 16.7. The van der Waals surface area contributed by atoms with Gasteiger partial charge in [-0.1, -0.05) is 13.2 Å². The average molecular weight is 216 g/mol. The molecule has 0 heterocycles. The number of aliphatic hydroxyl groups excluding tert-OH is 2. The number of amides is 2. The summed E-state index contributed by atoms with van der Waals surface area (Å²) in [7, 11) is 0. The molecule has 7 nitrogen and oxygen atoms in total. The Bertz CT molecular complexity index is 240. The first-order valence-electron chi connectivity index (χ1n) is 3.87. The van der Waals surface area contributed by atoms with Crippen molar-refractivity contribution in [2.24, 2.45) is 0 Å². The Hall–Kier alpha value is -1.70. The van der Waals surface area contributed by atoms with Gasteiger partial charge in [0.15, 0.2) is 0 Å². The number of ether oxygens (including phenoxy) is 1. The van der Waals surface area contributed by atoms with Gasteiger partial charge in [0.25, 0.3) is 0 Å². The first kappa shape index (κ1) is 13.3. The minimum atomic E-state index is -1.75. The zero-order valence-electron chi connectivity index (χ0n) is 7.84. The molecule has 0 aromatic carbocycles. The van der Waals surface area contributed by atoms with E-state index < -0.39 is 24.6 Å². The maximum Gasteiger partial charge on any atom is 0.247 e. The molecule has 0 spiro atoms. The van der Waals surface area contributed by atoms with Gasteiger partial charge < -0.3 is 20.8 Å². The summed E-state index contributed by atoms with van der Waals surface area (Å²) in [4.78, 5) is 21.3. The van der Waals surface area contributed by atoms with Gasteiger partial charge in [-0.3, -0.25) is 14.3 Å². The number of hydrogen-bond donors (Lipinski definition) is 4. The molecule has 0 saturated carbocycles. The number of aliphatic hydroxyl groups is 2. The molecule has 2 amide bonds. The van der Waals surface area contributed by atoms with E-state index >= 15 is 0 Å². The lowest BCUT2D eigenvalue weighted by Crippen LogP contribution is -2.44. The minimum Gasteiger partial charge on any atom is -0.351 e. The highest BCUT2D eigenvalue weighted by molar-refractivity contribution is 5.87. The molecule has 0 aliphatic heterocycles. The summed E-state index contributed by atoms with van der Waals surface area (Å²) >= 11 is 0. The molecule has 0 saturated heterocycles. The van der Waals surface area contributed by atoms with Gasteiger partial charge in [0.05, 0.1) is 0 Å². The average Bonchev–Trinajstić information content (AvgIpc) is 2.16. The lowest BCUT2D eigenvalue weighted by atomic mass is 10.6. The van der Waals surface area contributed by atoms with Crippen molar-refractivity contribution in [3.8, 4) is 0 Å². The molecule has 0 radical (unpaired) electrons. The van der Waals surface area contributed by atoms with Crippen molar-refractivity contribution < 1.29 is 24.5 Å². The summed E-state index contributed by atoms with van der Waals surface area (Å²) in [5, 5.41) is 21.7. The van der Waals surface area contributed by atoms with Crippen molar-refractivity contribution >= 4 is 11.8 Å². The molecule has 0 aromatic rings. The Balaban J connectivity index is 3.89.